The minimum Gasteiger partial charge on any atom is -0.316 e. The lowest BCUT2D eigenvalue weighted by molar-refractivity contribution is -0.164. The smallest absolute Gasteiger partial charge is 0.316 e. The molecule has 1 aliphatic heterocycles. The molecule has 12 heteroatoms. The van der Waals surface area contributed by atoms with E-state index in [0.717, 1.165) is 17.5 Å². The van der Waals surface area contributed by atoms with Crippen LogP contribution >= 0.6 is 0 Å². The van der Waals surface area contributed by atoms with Crippen LogP contribution in [-0.4, -0.2) is 40.3 Å². The summed E-state index contributed by atoms with van der Waals surface area (Å²) in [6.45, 7) is 0. The van der Waals surface area contributed by atoms with Crippen molar-refractivity contribution in [2.45, 2.75) is 43.3 Å². The van der Waals surface area contributed by atoms with E-state index in [2.05, 4.69) is 25.0 Å². The Kier molecular flexibility index (Phi) is 4.19. The van der Waals surface area contributed by atoms with Crippen molar-refractivity contribution >= 4 is 16.7 Å². The van der Waals surface area contributed by atoms with Crippen LogP contribution in [0.25, 0.3) is 27.9 Å². The molecule has 1 unspecified atom stereocenters. The number of aromatic amines is 2. The zero-order valence-corrected chi connectivity index (χ0v) is 18.6. The number of benzene rings is 1. The molecule has 3 atom stereocenters. The Morgan fingerprint density at radius 2 is 1.97 bits per heavy atom. The summed E-state index contributed by atoms with van der Waals surface area (Å²) in [7, 11) is 0. The molecule has 0 amide bonds. The predicted octanol–water partition coefficient (Wildman–Crippen LogP) is 3.44. The quantitative estimate of drug-likeness (QED) is 0.400. The molecule has 1 fully saturated rings. The maximum atomic E-state index is 13.6. The van der Waals surface area contributed by atoms with Crippen LogP contribution in [-0.2, 0) is 6.42 Å². The number of nitrogens with zero attached hydrogens (tertiary/aromatic N) is 5. The second kappa shape index (κ2) is 7.15. The highest BCUT2D eigenvalue weighted by atomic mass is 19.4. The molecule has 1 aromatic carbocycles. The maximum Gasteiger partial charge on any atom is 0.409 e. The molecule has 1 saturated carbocycles. The molecule has 5 aromatic rings. The van der Waals surface area contributed by atoms with Gasteiger partial charge in [-0.05, 0) is 48.4 Å². The molecule has 0 saturated heterocycles. The topological polar surface area (TPSA) is 114 Å². The molecule has 0 radical (unpaired) electrons. The fourth-order valence-electron chi connectivity index (χ4n) is 5.47. The summed E-state index contributed by atoms with van der Waals surface area (Å²) >= 11 is 0. The Balaban J connectivity index is 1.29. The van der Waals surface area contributed by atoms with Gasteiger partial charge in [0, 0.05) is 30.6 Å². The summed E-state index contributed by atoms with van der Waals surface area (Å²) in [4.78, 5) is 37.3. The molecule has 4 aromatic heterocycles. The third-order valence-corrected chi connectivity index (χ3v) is 7.22. The summed E-state index contributed by atoms with van der Waals surface area (Å²) in [5.74, 6) is 0.604. The molecular weight excluding hydrogens is 475 g/mol. The molecule has 0 spiro atoms. The van der Waals surface area contributed by atoms with Crippen molar-refractivity contribution < 1.29 is 13.2 Å². The number of nitrogens with one attached hydrogen (secondary N) is 2. The van der Waals surface area contributed by atoms with E-state index in [4.69, 9.17) is 0 Å². The van der Waals surface area contributed by atoms with Gasteiger partial charge in [-0.3, -0.25) is 9.78 Å². The normalized spacial score (nSPS) is 21.4. The number of aryl methyl sites for hydroxylation is 1. The number of halogens is 3. The fraction of sp³-hybridized carbons (Fsp3) is 0.292. The monoisotopic (exact) mass is 493 g/mol. The highest BCUT2D eigenvalue weighted by molar-refractivity contribution is 5.78. The third-order valence-electron chi connectivity index (χ3n) is 7.22. The number of hydrogen-bond donors (Lipinski definition) is 2. The Bertz CT molecular complexity index is 1800. The fourth-order valence-corrected chi connectivity index (χ4v) is 5.47. The zero-order valence-electron chi connectivity index (χ0n) is 18.6. The maximum absolute atomic E-state index is 13.6. The van der Waals surface area contributed by atoms with Crippen LogP contribution in [0.2, 0.25) is 0 Å². The summed E-state index contributed by atoms with van der Waals surface area (Å²) in [6, 6.07) is 5.80. The van der Waals surface area contributed by atoms with Crippen LogP contribution in [0.3, 0.4) is 0 Å². The van der Waals surface area contributed by atoms with E-state index in [1.807, 2.05) is 12.1 Å². The molecule has 5 heterocycles. The second-order valence-corrected chi connectivity index (χ2v) is 9.36. The summed E-state index contributed by atoms with van der Waals surface area (Å²) in [5.41, 5.74) is 2.99. The Morgan fingerprint density at radius 1 is 1.11 bits per heavy atom. The molecule has 0 bridgehead atoms. The molecule has 182 valence electrons. The number of hydrogen-bond acceptors (Lipinski definition) is 5. The lowest BCUT2D eigenvalue weighted by Gasteiger charge is -2.18. The molecule has 9 nitrogen and oxygen atoms in total. The third kappa shape index (κ3) is 3.13. The van der Waals surface area contributed by atoms with Crippen LogP contribution < -0.4 is 11.2 Å². The van der Waals surface area contributed by atoms with Crippen molar-refractivity contribution in [1.82, 2.24) is 34.1 Å². The predicted molar refractivity (Wildman–Crippen MR) is 123 cm³/mol. The number of H-pyrrole nitrogens is 2. The van der Waals surface area contributed by atoms with Crippen molar-refractivity contribution in [2.24, 2.45) is 0 Å². The van der Waals surface area contributed by atoms with Gasteiger partial charge in [-0.15, -0.1) is 0 Å². The van der Waals surface area contributed by atoms with Crippen LogP contribution in [0.15, 0.2) is 52.4 Å². The average Bonchev–Trinajstić information content (AvgIpc) is 3.14. The Labute approximate surface area is 199 Å². The van der Waals surface area contributed by atoms with E-state index in [-0.39, 0.29) is 23.8 Å². The summed E-state index contributed by atoms with van der Waals surface area (Å²) in [6.07, 6.45) is 1.40. The second-order valence-electron chi connectivity index (χ2n) is 9.36. The van der Waals surface area contributed by atoms with Crippen molar-refractivity contribution in [3.05, 3.63) is 80.6 Å². The zero-order chi connectivity index (χ0) is 24.8. The standard InChI is InChI=1S/C24H18F3N7O2/c25-24(26,27)19-3-4-20-30-16-2-1-11(7-18(16)34(19)20)12-8-13(12)14-9-17(32-33-6-5-28-21(14)33)15-10-29-23(36)31-22(15)35/h1-2,5-7,9-10,12-13,19H,3-4,8H2,(H2,29,31,35,36)/t12-,13?,19+/m1/s1. The van der Waals surface area contributed by atoms with E-state index < -0.39 is 23.5 Å². The van der Waals surface area contributed by atoms with Gasteiger partial charge in [0.2, 0.25) is 0 Å². The molecule has 7 rings (SSSR count). The van der Waals surface area contributed by atoms with Crippen LogP contribution in [0.5, 0.6) is 0 Å². The van der Waals surface area contributed by atoms with E-state index in [1.165, 1.54) is 10.8 Å². The van der Waals surface area contributed by atoms with E-state index in [1.54, 1.807) is 29.0 Å². The van der Waals surface area contributed by atoms with Crippen LogP contribution in [0, 0.1) is 0 Å². The number of rotatable bonds is 3. The lowest BCUT2D eigenvalue weighted by Crippen LogP contribution is -2.23. The van der Waals surface area contributed by atoms with Gasteiger partial charge in [0.25, 0.3) is 5.56 Å². The average molecular weight is 493 g/mol. The van der Waals surface area contributed by atoms with E-state index in [9.17, 15) is 22.8 Å². The Hall–Kier alpha value is -4.22. The van der Waals surface area contributed by atoms with Gasteiger partial charge < -0.3 is 9.55 Å². The van der Waals surface area contributed by atoms with Gasteiger partial charge in [0.1, 0.15) is 11.9 Å². The van der Waals surface area contributed by atoms with Crippen LogP contribution in [0.4, 0.5) is 13.2 Å². The van der Waals surface area contributed by atoms with Crippen molar-refractivity contribution in [1.29, 1.82) is 0 Å². The summed E-state index contributed by atoms with van der Waals surface area (Å²) < 4.78 is 43.8. The van der Waals surface area contributed by atoms with Gasteiger partial charge in [-0.1, -0.05) is 6.07 Å². The number of alkyl halides is 3. The molecule has 1 aliphatic carbocycles. The summed E-state index contributed by atoms with van der Waals surface area (Å²) in [5, 5.41) is 4.46. The SMILES string of the molecule is O=c1[nH]cc(-c2cc(C3C[C@@H]3c3ccc4nc5n(c4c3)[C@H](C(F)(F)F)CC5)c3nccn3n2)c(=O)[nH]1. The molecule has 2 N–H and O–H groups in total. The first-order valence-electron chi connectivity index (χ1n) is 11.5. The van der Waals surface area contributed by atoms with Crippen molar-refractivity contribution in [3.63, 3.8) is 0 Å². The highest BCUT2D eigenvalue weighted by Crippen LogP contribution is 2.56. The first kappa shape index (κ1) is 21.1. The first-order chi connectivity index (χ1) is 17.3. The van der Waals surface area contributed by atoms with Crippen LogP contribution in [0.1, 0.15) is 47.7 Å². The number of aromatic nitrogens is 7. The number of fused-ring (bicyclic) bond motifs is 4. The minimum absolute atomic E-state index is 0.0135. The van der Waals surface area contributed by atoms with E-state index >= 15 is 0 Å². The lowest BCUT2D eigenvalue weighted by atomic mass is 10.0. The first-order valence-corrected chi connectivity index (χ1v) is 11.5. The van der Waals surface area contributed by atoms with Gasteiger partial charge in [-0.25, -0.2) is 19.3 Å². The minimum atomic E-state index is -4.32. The highest BCUT2D eigenvalue weighted by Gasteiger charge is 2.46. The van der Waals surface area contributed by atoms with Gasteiger partial charge in [-0.2, -0.15) is 18.3 Å². The van der Waals surface area contributed by atoms with Gasteiger partial charge in [0.05, 0.1) is 22.3 Å². The van der Waals surface area contributed by atoms with E-state index in [0.29, 0.717) is 34.6 Å². The molecule has 36 heavy (non-hydrogen) atoms. The van der Waals surface area contributed by atoms with Crippen molar-refractivity contribution in [2.75, 3.05) is 0 Å². The molecular formula is C24H18F3N7O2. The number of imidazole rings is 2. The molecule has 2 aliphatic rings. The Morgan fingerprint density at radius 3 is 2.78 bits per heavy atom. The van der Waals surface area contributed by atoms with Gasteiger partial charge >= 0.3 is 11.9 Å². The largest absolute Gasteiger partial charge is 0.409 e. The van der Waals surface area contributed by atoms with Gasteiger partial charge in [0.15, 0.2) is 5.65 Å². The van der Waals surface area contributed by atoms with Crippen molar-refractivity contribution in [3.8, 4) is 11.3 Å².